The fraction of sp³-hybridized carbons (Fsp3) is 0.414. The van der Waals surface area contributed by atoms with Crippen LogP contribution in [0.1, 0.15) is 45.1 Å². The second-order valence-electron chi connectivity index (χ2n) is 9.95. The van der Waals surface area contributed by atoms with Gasteiger partial charge in [0.05, 0.1) is 14.2 Å². The van der Waals surface area contributed by atoms with Crippen molar-refractivity contribution in [2.24, 2.45) is 16.3 Å². The van der Waals surface area contributed by atoms with E-state index in [2.05, 4.69) is 13.8 Å². The first-order valence-corrected chi connectivity index (χ1v) is 12.1. The van der Waals surface area contributed by atoms with Crippen molar-refractivity contribution >= 4 is 17.5 Å². The number of nitrogens with zero attached hydrogens (tertiary/aromatic N) is 1. The Hall–Kier alpha value is -3.61. The monoisotopic (exact) mass is 491 g/mol. The van der Waals surface area contributed by atoms with Crippen molar-refractivity contribution in [1.82, 2.24) is 0 Å². The van der Waals surface area contributed by atoms with Crippen LogP contribution in [0.25, 0.3) is 0 Å². The van der Waals surface area contributed by atoms with Gasteiger partial charge in [-0.25, -0.2) is 0 Å². The molecule has 2 aliphatic rings. The number of esters is 1. The van der Waals surface area contributed by atoms with Gasteiger partial charge >= 0.3 is 5.97 Å². The molecule has 190 valence electrons. The van der Waals surface area contributed by atoms with Crippen molar-refractivity contribution in [3.63, 3.8) is 0 Å². The molecule has 0 radical (unpaired) electrons. The van der Waals surface area contributed by atoms with Crippen LogP contribution in [0.4, 0.5) is 0 Å². The van der Waals surface area contributed by atoms with Gasteiger partial charge in [-0.05, 0) is 49.1 Å². The zero-order chi connectivity index (χ0) is 25.9. The van der Waals surface area contributed by atoms with E-state index < -0.39 is 17.8 Å². The predicted molar refractivity (Wildman–Crippen MR) is 137 cm³/mol. The molecule has 0 aromatic heterocycles. The zero-order valence-electron chi connectivity index (χ0n) is 21.5. The van der Waals surface area contributed by atoms with Crippen molar-refractivity contribution in [3.8, 4) is 17.2 Å². The van der Waals surface area contributed by atoms with Crippen molar-refractivity contribution in [1.29, 1.82) is 0 Å². The molecule has 0 bridgehead atoms. The van der Waals surface area contributed by atoms with Gasteiger partial charge in [0.25, 0.3) is 0 Å². The maximum atomic E-state index is 13.5. The highest BCUT2D eigenvalue weighted by Gasteiger charge is 2.47. The SMILES string of the molecule is COc1ccc(OC)c([C@@H]2C3=C(CC(C)(C)CC3=O)N=C(C)C2C(=O)OCCOc2ccccc2)c1. The summed E-state index contributed by atoms with van der Waals surface area (Å²) in [6, 6.07) is 14.8. The van der Waals surface area contributed by atoms with E-state index in [1.807, 2.05) is 43.3 Å². The second kappa shape index (κ2) is 10.6. The second-order valence-corrected chi connectivity index (χ2v) is 9.95. The molecule has 0 fully saturated rings. The van der Waals surface area contributed by atoms with E-state index in [4.69, 9.17) is 23.9 Å². The maximum Gasteiger partial charge on any atom is 0.315 e. The van der Waals surface area contributed by atoms with E-state index in [-0.39, 0.29) is 24.4 Å². The molecule has 1 aliphatic carbocycles. The summed E-state index contributed by atoms with van der Waals surface area (Å²) >= 11 is 0. The molecule has 36 heavy (non-hydrogen) atoms. The standard InChI is InChI=1S/C29H33NO6/c1-18-25(28(32)36-14-13-35-19-9-7-6-8-10-19)26(21-15-20(33-4)11-12-24(21)34-5)27-22(30-18)16-29(2,3)17-23(27)31/h6-12,15,25-26H,13-14,16-17H2,1-5H3/t25?,26-/m0/s1. The zero-order valence-corrected chi connectivity index (χ0v) is 21.5. The summed E-state index contributed by atoms with van der Waals surface area (Å²) in [7, 11) is 3.15. The van der Waals surface area contributed by atoms with Gasteiger partial charge in [0.2, 0.25) is 0 Å². The maximum absolute atomic E-state index is 13.5. The molecule has 0 spiro atoms. The van der Waals surface area contributed by atoms with Gasteiger partial charge in [0.15, 0.2) is 5.78 Å². The van der Waals surface area contributed by atoms with Gasteiger partial charge in [0.1, 0.15) is 36.4 Å². The third-order valence-corrected chi connectivity index (χ3v) is 6.67. The Morgan fingerprint density at radius 2 is 1.75 bits per heavy atom. The van der Waals surface area contributed by atoms with Crippen molar-refractivity contribution in [2.45, 2.75) is 39.5 Å². The number of Topliss-reactive ketones (excluding diaryl/α,β-unsaturated/α-hetero) is 1. The summed E-state index contributed by atoms with van der Waals surface area (Å²) in [5.41, 5.74) is 2.41. The number of methoxy groups -OCH3 is 2. The van der Waals surface area contributed by atoms with Crippen LogP contribution in [0, 0.1) is 11.3 Å². The Balaban J connectivity index is 1.67. The highest BCUT2D eigenvalue weighted by molar-refractivity contribution is 6.09. The molecular formula is C29H33NO6. The number of ketones is 1. The minimum atomic E-state index is -0.772. The fourth-order valence-electron chi connectivity index (χ4n) is 5.08. The Labute approximate surface area is 212 Å². The highest BCUT2D eigenvalue weighted by atomic mass is 16.6. The molecule has 1 unspecified atom stereocenters. The molecule has 7 heteroatoms. The van der Waals surface area contributed by atoms with Gasteiger partial charge in [-0.2, -0.15) is 0 Å². The summed E-state index contributed by atoms with van der Waals surface area (Å²) in [6.07, 6.45) is 1.04. The number of ether oxygens (including phenoxy) is 4. The average molecular weight is 492 g/mol. The van der Waals surface area contributed by atoms with Crippen LogP contribution < -0.4 is 14.2 Å². The Morgan fingerprint density at radius 3 is 2.44 bits per heavy atom. The molecule has 2 atom stereocenters. The normalized spacial score (nSPS) is 20.8. The van der Waals surface area contributed by atoms with E-state index in [1.165, 1.54) is 0 Å². The lowest BCUT2D eigenvalue weighted by Crippen LogP contribution is -2.40. The summed E-state index contributed by atoms with van der Waals surface area (Å²) < 4.78 is 22.5. The van der Waals surface area contributed by atoms with Crippen molar-refractivity contribution in [2.75, 3.05) is 27.4 Å². The predicted octanol–water partition coefficient (Wildman–Crippen LogP) is 5.14. The van der Waals surface area contributed by atoms with Crippen LogP contribution >= 0.6 is 0 Å². The molecule has 2 aromatic carbocycles. The molecule has 1 aliphatic heterocycles. The van der Waals surface area contributed by atoms with Crippen LogP contribution in [0.5, 0.6) is 17.2 Å². The lowest BCUT2D eigenvalue weighted by molar-refractivity contribution is -0.147. The Morgan fingerprint density at radius 1 is 1.00 bits per heavy atom. The number of para-hydroxylation sites is 1. The summed E-state index contributed by atoms with van der Waals surface area (Å²) in [5.74, 6) is 0.0725. The largest absolute Gasteiger partial charge is 0.497 e. The van der Waals surface area contributed by atoms with Crippen LogP contribution in [0.15, 0.2) is 64.8 Å². The van der Waals surface area contributed by atoms with Crippen LogP contribution in [-0.4, -0.2) is 44.9 Å². The number of hydrogen-bond acceptors (Lipinski definition) is 7. The first-order valence-electron chi connectivity index (χ1n) is 12.1. The number of rotatable bonds is 8. The number of carbonyl (C=O) groups is 2. The van der Waals surface area contributed by atoms with Gasteiger partial charge in [-0.3, -0.25) is 14.6 Å². The van der Waals surface area contributed by atoms with E-state index in [1.54, 1.807) is 26.4 Å². The van der Waals surface area contributed by atoms with Gasteiger partial charge in [-0.1, -0.05) is 32.0 Å². The third-order valence-electron chi connectivity index (χ3n) is 6.67. The topological polar surface area (TPSA) is 83.4 Å². The van der Waals surface area contributed by atoms with Crippen molar-refractivity contribution < 1.29 is 28.5 Å². The first-order chi connectivity index (χ1) is 17.2. The molecule has 0 amide bonds. The molecule has 1 heterocycles. The highest BCUT2D eigenvalue weighted by Crippen LogP contribution is 2.50. The number of carbonyl (C=O) groups excluding carboxylic acids is 2. The molecule has 0 N–H and O–H groups in total. The molecule has 0 saturated carbocycles. The first kappa shape index (κ1) is 25.5. The van der Waals surface area contributed by atoms with E-state index in [0.717, 1.165) is 5.70 Å². The third kappa shape index (κ3) is 5.30. The molecule has 0 saturated heterocycles. The van der Waals surface area contributed by atoms with Gasteiger partial charge < -0.3 is 18.9 Å². The molecule has 7 nitrogen and oxygen atoms in total. The Bertz CT molecular complexity index is 1200. The summed E-state index contributed by atoms with van der Waals surface area (Å²) in [4.78, 5) is 31.8. The average Bonchev–Trinajstić information content (AvgIpc) is 2.85. The molecular weight excluding hydrogens is 458 g/mol. The molecule has 2 aromatic rings. The van der Waals surface area contributed by atoms with Gasteiger partial charge in [-0.15, -0.1) is 0 Å². The smallest absolute Gasteiger partial charge is 0.315 e. The van der Waals surface area contributed by atoms with Gasteiger partial charge in [0, 0.05) is 34.9 Å². The van der Waals surface area contributed by atoms with Crippen LogP contribution in [0.3, 0.4) is 0 Å². The number of benzene rings is 2. The van der Waals surface area contributed by atoms with E-state index in [9.17, 15) is 9.59 Å². The minimum Gasteiger partial charge on any atom is -0.497 e. The lowest BCUT2D eigenvalue weighted by Gasteiger charge is -2.39. The summed E-state index contributed by atoms with van der Waals surface area (Å²) in [6.45, 7) is 6.24. The van der Waals surface area contributed by atoms with Crippen molar-refractivity contribution in [3.05, 3.63) is 65.4 Å². The minimum absolute atomic E-state index is 0.00224. The summed E-state index contributed by atoms with van der Waals surface area (Å²) in [5, 5.41) is 0. The lowest BCUT2D eigenvalue weighted by atomic mass is 9.66. The molecule has 4 rings (SSSR count). The fourth-order valence-corrected chi connectivity index (χ4v) is 5.08. The van der Waals surface area contributed by atoms with E-state index >= 15 is 0 Å². The number of aliphatic imine (C=N–C) groups is 1. The number of allylic oxidation sites excluding steroid dienone is 2. The van der Waals surface area contributed by atoms with E-state index in [0.29, 0.717) is 46.9 Å². The van der Waals surface area contributed by atoms with Crippen LogP contribution in [-0.2, 0) is 14.3 Å². The Kier molecular flexibility index (Phi) is 7.48. The number of hydrogen-bond donors (Lipinski definition) is 0. The van der Waals surface area contributed by atoms with Crippen LogP contribution in [0.2, 0.25) is 0 Å². The quantitative estimate of drug-likeness (QED) is 0.375.